The van der Waals surface area contributed by atoms with E-state index in [2.05, 4.69) is 99.6 Å². The zero-order chi connectivity index (χ0) is 32.9. The molecule has 1 aliphatic heterocycles. The molecule has 1 aliphatic rings. The first kappa shape index (κ1) is 25.1. The van der Waals surface area contributed by atoms with Crippen LogP contribution in [0, 0.1) is 15.9 Å². The number of fused-ring (bicyclic) bond motifs is 2. The van der Waals surface area contributed by atoms with Gasteiger partial charge in [0.25, 0.3) is 0 Å². The monoisotopic (exact) mass is 760 g/mol. The number of benzene rings is 4. The molecule has 0 aliphatic carbocycles. The number of pyridine rings is 1. The SMILES string of the molecule is [2H]C([2H])([2H])n1[c](=[Pt])n(-c2[c-]c(Oc3[c-]c4c(c(-c5ccccc5)c3)CCCN4c3cc(C(C)(C)C)ccn3)ccc2)c2ccccc21. The van der Waals surface area contributed by atoms with E-state index in [1.54, 1.807) is 0 Å². The Kier molecular flexibility index (Phi) is 6.50. The van der Waals surface area contributed by atoms with Gasteiger partial charge in [-0.25, -0.2) is 0 Å². The molecule has 6 aromatic rings. The molecular formula is C38H34N4OPt-2. The molecular weight excluding hydrogens is 724 g/mol. The van der Waals surface area contributed by atoms with Crippen LogP contribution in [0.5, 0.6) is 11.5 Å². The fourth-order valence-electron chi connectivity index (χ4n) is 5.87. The zero-order valence-electron chi connectivity index (χ0n) is 27.9. The number of anilines is 2. The molecule has 5 nitrogen and oxygen atoms in total. The Morgan fingerprint density at radius 2 is 1.68 bits per heavy atom. The molecule has 0 fully saturated rings. The topological polar surface area (TPSA) is 35.2 Å². The number of para-hydroxylation sites is 2. The molecule has 44 heavy (non-hydrogen) atoms. The summed E-state index contributed by atoms with van der Waals surface area (Å²) in [4.78, 5) is 7.06. The van der Waals surface area contributed by atoms with Crippen LogP contribution in [0.15, 0.2) is 97.2 Å². The van der Waals surface area contributed by atoms with Crippen molar-refractivity contribution in [1.82, 2.24) is 14.1 Å². The molecule has 0 N–H and O–H groups in total. The summed E-state index contributed by atoms with van der Waals surface area (Å²) in [5.41, 5.74) is 7.69. The Morgan fingerprint density at radius 3 is 2.48 bits per heavy atom. The van der Waals surface area contributed by atoms with Gasteiger partial charge in [-0.1, -0.05) is 26.8 Å². The maximum absolute atomic E-state index is 8.18. The number of nitrogens with zero attached hydrogens (tertiary/aromatic N) is 4. The van der Waals surface area contributed by atoms with Gasteiger partial charge in [0.1, 0.15) is 0 Å². The third-order valence-electron chi connectivity index (χ3n) is 8.10. The first-order chi connectivity index (χ1) is 22.5. The van der Waals surface area contributed by atoms with E-state index in [-0.39, 0.29) is 5.41 Å². The zero-order valence-corrected chi connectivity index (χ0v) is 27.1. The Morgan fingerprint density at radius 1 is 0.886 bits per heavy atom. The van der Waals surface area contributed by atoms with E-state index in [0.717, 1.165) is 47.5 Å². The standard InChI is InChI=1S/C38H34N4O.Pt/c1-38(2,3)28-19-20-39-37(22-28)41-21-11-16-32-33(27-12-6-5-7-13-27)24-31(25-36(32)41)43-30-15-10-14-29(23-30)42-26-40(4)34-17-8-9-18-35(34)42;/h5-10,12-15,17-20,22,24H,11,16,21H2,1-4H3;/q-2;/i4D3;. The van der Waals surface area contributed by atoms with Gasteiger partial charge >= 0.3 is 225 Å². The third kappa shape index (κ3) is 5.24. The van der Waals surface area contributed by atoms with E-state index in [4.69, 9.17) is 13.8 Å². The molecule has 2 aromatic heterocycles. The molecule has 6 heteroatoms. The minimum absolute atomic E-state index is 0.00725. The van der Waals surface area contributed by atoms with Crippen LogP contribution in [-0.4, -0.2) is 20.7 Å². The second kappa shape index (κ2) is 11.4. The molecule has 0 bridgehead atoms. The molecule has 0 atom stereocenters. The van der Waals surface area contributed by atoms with Crippen molar-refractivity contribution in [2.24, 2.45) is 6.98 Å². The maximum atomic E-state index is 8.18. The molecule has 0 saturated heterocycles. The van der Waals surface area contributed by atoms with Gasteiger partial charge in [-0.15, -0.1) is 0 Å². The second-order valence-corrected chi connectivity index (χ2v) is 13.1. The first-order valence-electron chi connectivity index (χ1n) is 16.3. The Balaban J connectivity index is 1.34. The van der Waals surface area contributed by atoms with Crippen molar-refractivity contribution >= 4 is 22.5 Å². The van der Waals surface area contributed by atoms with E-state index in [1.165, 1.54) is 15.7 Å². The van der Waals surface area contributed by atoms with Crippen LogP contribution < -0.4 is 9.64 Å². The van der Waals surface area contributed by atoms with Crippen LogP contribution in [-0.2, 0) is 38.2 Å². The van der Waals surface area contributed by atoms with Crippen LogP contribution in [0.3, 0.4) is 0 Å². The van der Waals surface area contributed by atoms with Gasteiger partial charge in [-0.05, 0) is 17.0 Å². The van der Waals surface area contributed by atoms with E-state index in [9.17, 15) is 0 Å². The Hall–Kier alpha value is -4.21. The Bertz CT molecular complexity index is 2160. The number of hydrogen-bond donors (Lipinski definition) is 0. The molecule has 7 rings (SSSR count). The van der Waals surface area contributed by atoms with Crippen LogP contribution in [0.1, 0.15) is 42.4 Å². The minimum atomic E-state index is -2.34. The van der Waals surface area contributed by atoms with Crippen LogP contribution in [0.25, 0.3) is 27.8 Å². The fraction of sp³-hybridized carbons (Fsp3) is 0.211. The summed E-state index contributed by atoms with van der Waals surface area (Å²) in [7, 11) is 0. The molecule has 3 heterocycles. The quantitative estimate of drug-likeness (QED) is 0.165. The van der Waals surface area contributed by atoms with Crippen molar-refractivity contribution in [3.63, 3.8) is 0 Å². The molecule has 4 aromatic carbocycles. The summed E-state index contributed by atoms with van der Waals surface area (Å²) in [6.45, 7) is 5.13. The van der Waals surface area contributed by atoms with Crippen molar-refractivity contribution in [3.05, 3.63) is 124 Å². The van der Waals surface area contributed by atoms with E-state index in [1.807, 2.05) is 59.3 Å². The molecule has 0 unspecified atom stereocenters. The normalized spacial score (nSPS) is 14.6. The predicted molar refractivity (Wildman–Crippen MR) is 173 cm³/mol. The van der Waals surface area contributed by atoms with Crippen molar-refractivity contribution in [3.8, 4) is 28.3 Å². The first-order valence-corrected chi connectivity index (χ1v) is 15.9. The molecule has 0 saturated carbocycles. The molecule has 0 radical (unpaired) electrons. The number of rotatable bonds is 5. The van der Waals surface area contributed by atoms with Gasteiger partial charge < -0.3 is 0 Å². The van der Waals surface area contributed by atoms with Crippen molar-refractivity contribution in [2.75, 3.05) is 11.4 Å². The summed E-state index contributed by atoms with van der Waals surface area (Å²) >= 11 is 2.07. The van der Waals surface area contributed by atoms with Gasteiger partial charge in [0, 0.05) is 6.20 Å². The summed E-state index contributed by atoms with van der Waals surface area (Å²) in [5, 5.41) is 0. The summed E-state index contributed by atoms with van der Waals surface area (Å²) < 4.78 is 34.9. The number of imidazole rings is 1. The third-order valence-corrected chi connectivity index (χ3v) is 9.11. The number of aryl methyl sites for hydroxylation is 1. The number of aromatic nitrogens is 3. The number of ether oxygens (including phenoxy) is 1. The predicted octanol–water partition coefficient (Wildman–Crippen LogP) is 8.88. The molecule has 224 valence electrons. The van der Waals surface area contributed by atoms with Gasteiger partial charge in [0.15, 0.2) is 0 Å². The molecule has 0 spiro atoms. The van der Waals surface area contributed by atoms with Gasteiger partial charge in [0.05, 0.1) is 0 Å². The average molecular weight is 761 g/mol. The summed E-state index contributed by atoms with van der Waals surface area (Å²) in [5.74, 6) is 1.97. The summed E-state index contributed by atoms with van der Waals surface area (Å²) in [6.07, 6.45) is 3.82. The van der Waals surface area contributed by atoms with Gasteiger partial charge in [-0.2, -0.15) is 0 Å². The van der Waals surface area contributed by atoms with Crippen molar-refractivity contribution in [2.45, 2.75) is 39.0 Å². The van der Waals surface area contributed by atoms with Crippen molar-refractivity contribution < 1.29 is 28.2 Å². The molecule has 0 amide bonds. The van der Waals surface area contributed by atoms with E-state index < -0.39 is 6.98 Å². The van der Waals surface area contributed by atoms with E-state index in [0.29, 0.717) is 26.5 Å². The van der Waals surface area contributed by atoms with Gasteiger partial charge in [0.2, 0.25) is 0 Å². The average Bonchev–Trinajstić information content (AvgIpc) is 3.36. The van der Waals surface area contributed by atoms with Crippen molar-refractivity contribution in [1.29, 1.82) is 0 Å². The Labute approximate surface area is 274 Å². The van der Waals surface area contributed by atoms with Gasteiger partial charge in [-0.3, -0.25) is 0 Å². The van der Waals surface area contributed by atoms with Crippen LogP contribution >= 0.6 is 0 Å². The second-order valence-electron chi connectivity index (χ2n) is 12.1. The van der Waals surface area contributed by atoms with E-state index >= 15 is 0 Å². The fourth-order valence-corrected chi connectivity index (χ4v) is 6.69. The van der Waals surface area contributed by atoms with Crippen LogP contribution in [0.4, 0.5) is 11.5 Å². The number of hydrogen-bond acceptors (Lipinski definition) is 3. The summed E-state index contributed by atoms with van der Waals surface area (Å²) in [6, 6.07) is 36.9. The van der Waals surface area contributed by atoms with Crippen LogP contribution in [0.2, 0.25) is 0 Å².